The molecule has 9 heteroatoms. The van der Waals surface area contributed by atoms with Gasteiger partial charge in [0, 0.05) is 18.1 Å². The second-order valence-corrected chi connectivity index (χ2v) is 8.73. The lowest BCUT2D eigenvalue weighted by molar-refractivity contribution is -0.115. The zero-order valence-corrected chi connectivity index (χ0v) is 19.2. The van der Waals surface area contributed by atoms with Crippen LogP contribution >= 0.6 is 23.1 Å². The molecule has 31 heavy (non-hydrogen) atoms. The number of amides is 1. The molecule has 0 aliphatic carbocycles. The first-order chi connectivity index (χ1) is 15.1. The van der Waals surface area contributed by atoms with Crippen LogP contribution in [0.25, 0.3) is 5.69 Å². The summed E-state index contributed by atoms with van der Waals surface area (Å²) >= 11 is 2.97. The van der Waals surface area contributed by atoms with E-state index >= 15 is 0 Å². The molecule has 0 atom stereocenters. The average Bonchev–Trinajstić information content (AvgIpc) is 3.43. The minimum Gasteiger partial charge on any atom is -0.274 e. The molecule has 0 aliphatic heterocycles. The van der Waals surface area contributed by atoms with Crippen LogP contribution in [0, 0.1) is 6.92 Å². The second-order valence-electron chi connectivity index (χ2n) is 6.96. The lowest BCUT2D eigenvalue weighted by Crippen LogP contribution is -2.23. The number of thioether (sulfide) groups is 1. The summed E-state index contributed by atoms with van der Waals surface area (Å²) in [4.78, 5) is 18.9. The molecule has 0 saturated heterocycles. The van der Waals surface area contributed by atoms with E-state index in [0.717, 1.165) is 29.1 Å². The maximum Gasteiger partial charge on any atom is 0.230 e. The number of anilines is 2. The van der Waals surface area contributed by atoms with Crippen molar-refractivity contribution >= 4 is 39.8 Å². The number of thiazole rings is 1. The third-order valence-electron chi connectivity index (χ3n) is 4.73. The standard InChI is InChI=1S/C22H22N6OS2/c1-4-17-7-5-6-8-20(17)27(16(3)29)21-23-18(13-30-21)14-31-22-24-25-26-28(22)19-11-9-15(2)10-12-19/h5-13H,4,14H2,1-3H3. The van der Waals surface area contributed by atoms with Crippen molar-refractivity contribution in [3.8, 4) is 5.69 Å². The number of rotatable bonds is 7. The Kier molecular flexibility index (Phi) is 6.43. The molecule has 7 nitrogen and oxygen atoms in total. The van der Waals surface area contributed by atoms with Gasteiger partial charge in [0.05, 0.1) is 17.1 Å². The van der Waals surface area contributed by atoms with Gasteiger partial charge in [0.2, 0.25) is 11.1 Å². The number of carbonyl (C=O) groups is 1. The topological polar surface area (TPSA) is 76.8 Å². The molecular formula is C22H22N6OS2. The van der Waals surface area contributed by atoms with Crippen LogP contribution in [0.3, 0.4) is 0 Å². The molecule has 0 bridgehead atoms. The monoisotopic (exact) mass is 450 g/mol. The van der Waals surface area contributed by atoms with Gasteiger partial charge in [-0.1, -0.05) is 54.6 Å². The first kappa shape index (κ1) is 21.2. The molecule has 1 amide bonds. The second kappa shape index (κ2) is 9.40. The van der Waals surface area contributed by atoms with Gasteiger partial charge in [0.25, 0.3) is 0 Å². The van der Waals surface area contributed by atoms with Gasteiger partial charge in [-0.15, -0.1) is 16.4 Å². The highest BCUT2D eigenvalue weighted by atomic mass is 32.2. The predicted molar refractivity (Wildman–Crippen MR) is 124 cm³/mol. The smallest absolute Gasteiger partial charge is 0.230 e. The van der Waals surface area contributed by atoms with E-state index in [9.17, 15) is 4.79 Å². The highest BCUT2D eigenvalue weighted by Gasteiger charge is 2.20. The Morgan fingerprint density at radius 2 is 1.94 bits per heavy atom. The summed E-state index contributed by atoms with van der Waals surface area (Å²) in [5, 5.41) is 15.4. The average molecular weight is 451 g/mol. The van der Waals surface area contributed by atoms with Gasteiger partial charge in [-0.2, -0.15) is 4.68 Å². The van der Waals surface area contributed by atoms with Crippen molar-refractivity contribution in [3.05, 3.63) is 70.7 Å². The first-order valence-electron chi connectivity index (χ1n) is 9.88. The Morgan fingerprint density at radius 3 is 2.68 bits per heavy atom. The summed E-state index contributed by atoms with van der Waals surface area (Å²) in [7, 11) is 0. The minimum absolute atomic E-state index is 0.0576. The third-order valence-corrected chi connectivity index (χ3v) is 6.56. The number of nitrogens with zero attached hydrogens (tertiary/aromatic N) is 6. The van der Waals surface area contributed by atoms with Gasteiger partial charge in [-0.3, -0.25) is 9.69 Å². The molecule has 0 fully saturated rings. The highest BCUT2D eigenvalue weighted by Crippen LogP contribution is 2.33. The van der Waals surface area contributed by atoms with E-state index in [-0.39, 0.29) is 5.91 Å². The number of tetrazole rings is 1. The number of carbonyl (C=O) groups excluding carboxylic acids is 1. The quantitative estimate of drug-likeness (QED) is 0.370. The Bertz CT molecular complexity index is 1180. The molecule has 0 saturated carbocycles. The molecule has 2 aromatic carbocycles. The summed E-state index contributed by atoms with van der Waals surface area (Å²) in [6.07, 6.45) is 0.843. The van der Waals surface area contributed by atoms with Crippen molar-refractivity contribution in [3.63, 3.8) is 0 Å². The number of hydrogen-bond donors (Lipinski definition) is 0. The van der Waals surface area contributed by atoms with E-state index in [1.54, 1.807) is 16.5 Å². The fraction of sp³-hybridized carbons (Fsp3) is 0.227. The lowest BCUT2D eigenvalue weighted by Gasteiger charge is -2.20. The Morgan fingerprint density at radius 1 is 1.16 bits per heavy atom. The predicted octanol–water partition coefficient (Wildman–Crippen LogP) is 4.97. The van der Waals surface area contributed by atoms with Crippen LogP contribution in [-0.2, 0) is 17.0 Å². The molecule has 0 aliphatic rings. The van der Waals surface area contributed by atoms with E-state index in [1.807, 2.05) is 60.8 Å². The van der Waals surface area contributed by atoms with Crippen LogP contribution in [0.4, 0.5) is 10.8 Å². The maximum atomic E-state index is 12.4. The third kappa shape index (κ3) is 4.67. The van der Waals surface area contributed by atoms with Gasteiger partial charge < -0.3 is 0 Å². The molecule has 2 aromatic heterocycles. The highest BCUT2D eigenvalue weighted by molar-refractivity contribution is 7.98. The van der Waals surface area contributed by atoms with Crippen LogP contribution in [0.15, 0.2) is 59.1 Å². The SMILES string of the molecule is CCc1ccccc1N(C(C)=O)c1nc(CSc2nnnn2-c2ccc(C)cc2)cs1. The minimum atomic E-state index is -0.0576. The molecule has 4 rings (SSSR count). The summed E-state index contributed by atoms with van der Waals surface area (Å²) in [5.41, 5.74) is 4.97. The first-order valence-corrected chi connectivity index (χ1v) is 11.7. The fourth-order valence-electron chi connectivity index (χ4n) is 3.16. The number of hydrogen-bond acceptors (Lipinski definition) is 7. The van der Waals surface area contributed by atoms with Crippen molar-refractivity contribution in [2.45, 2.75) is 38.1 Å². The lowest BCUT2D eigenvalue weighted by atomic mass is 10.1. The zero-order valence-electron chi connectivity index (χ0n) is 17.5. The Labute approximate surface area is 189 Å². The van der Waals surface area contributed by atoms with Crippen molar-refractivity contribution in [2.24, 2.45) is 0 Å². The van der Waals surface area contributed by atoms with Crippen molar-refractivity contribution in [2.75, 3.05) is 4.90 Å². The van der Waals surface area contributed by atoms with E-state index in [0.29, 0.717) is 16.0 Å². The van der Waals surface area contributed by atoms with E-state index in [4.69, 9.17) is 4.98 Å². The van der Waals surface area contributed by atoms with Crippen molar-refractivity contribution in [1.29, 1.82) is 0 Å². The maximum absolute atomic E-state index is 12.4. The molecule has 0 N–H and O–H groups in total. The van der Waals surface area contributed by atoms with Gasteiger partial charge >= 0.3 is 0 Å². The van der Waals surface area contributed by atoms with Gasteiger partial charge in [-0.25, -0.2) is 4.98 Å². The molecule has 0 unspecified atom stereocenters. The van der Waals surface area contributed by atoms with Crippen LogP contribution in [0.2, 0.25) is 0 Å². The van der Waals surface area contributed by atoms with Crippen LogP contribution in [0.5, 0.6) is 0 Å². The van der Waals surface area contributed by atoms with Crippen molar-refractivity contribution < 1.29 is 4.79 Å². The normalized spacial score (nSPS) is 10.9. The number of benzene rings is 2. The van der Waals surface area contributed by atoms with Crippen LogP contribution < -0.4 is 4.90 Å². The number of aryl methyl sites for hydroxylation is 2. The molecule has 0 spiro atoms. The number of aromatic nitrogens is 5. The Balaban J connectivity index is 1.53. The van der Waals surface area contributed by atoms with E-state index in [2.05, 4.69) is 22.4 Å². The van der Waals surface area contributed by atoms with Gasteiger partial charge in [-0.05, 0) is 47.5 Å². The summed E-state index contributed by atoms with van der Waals surface area (Å²) in [6, 6.07) is 16.0. The van der Waals surface area contributed by atoms with Crippen LogP contribution in [0.1, 0.15) is 30.7 Å². The van der Waals surface area contributed by atoms with Gasteiger partial charge in [0.1, 0.15) is 0 Å². The van der Waals surface area contributed by atoms with Crippen LogP contribution in [-0.4, -0.2) is 31.1 Å². The number of para-hydroxylation sites is 1. The summed E-state index contributed by atoms with van der Waals surface area (Å²) in [6.45, 7) is 5.69. The molecule has 2 heterocycles. The molecule has 4 aromatic rings. The zero-order chi connectivity index (χ0) is 21.8. The molecular weight excluding hydrogens is 428 g/mol. The van der Waals surface area contributed by atoms with E-state index < -0.39 is 0 Å². The van der Waals surface area contributed by atoms with Crippen molar-refractivity contribution in [1.82, 2.24) is 25.2 Å². The van der Waals surface area contributed by atoms with Gasteiger partial charge in [0.15, 0.2) is 5.13 Å². The summed E-state index contributed by atoms with van der Waals surface area (Å²) < 4.78 is 1.72. The fourth-order valence-corrected chi connectivity index (χ4v) is 4.92. The largest absolute Gasteiger partial charge is 0.274 e. The molecule has 158 valence electrons. The molecule has 0 radical (unpaired) electrons. The summed E-state index contributed by atoms with van der Waals surface area (Å²) in [5.74, 6) is 0.543. The van der Waals surface area contributed by atoms with E-state index in [1.165, 1.54) is 28.7 Å². The Hall–Kier alpha value is -3.04.